The predicted octanol–water partition coefficient (Wildman–Crippen LogP) is 2.08. The second-order valence-electron chi connectivity index (χ2n) is 6.69. The highest BCUT2D eigenvalue weighted by atomic mass is 16.1. The summed E-state index contributed by atoms with van der Waals surface area (Å²) >= 11 is 0. The standard InChI is InChI=1S/C18H28N4O/c23-18(16-6-5-9-19-14-16)21-13-15-7-8-17(20-12-15)22-10-3-1-2-4-11-22/h7-8,12,16,19H,1-6,9-11,13-14H2,(H,21,23). The molecule has 2 aliphatic heterocycles. The molecule has 3 heterocycles. The molecule has 2 saturated heterocycles. The Morgan fingerprint density at radius 1 is 1.22 bits per heavy atom. The molecule has 0 saturated carbocycles. The third-order valence-corrected chi connectivity index (χ3v) is 4.87. The highest BCUT2D eigenvalue weighted by Gasteiger charge is 2.20. The quantitative estimate of drug-likeness (QED) is 0.893. The molecule has 1 aromatic rings. The molecule has 0 spiro atoms. The van der Waals surface area contributed by atoms with E-state index in [2.05, 4.69) is 32.7 Å². The van der Waals surface area contributed by atoms with Crippen LogP contribution in [0.25, 0.3) is 0 Å². The van der Waals surface area contributed by atoms with Gasteiger partial charge in [-0.3, -0.25) is 4.79 Å². The number of pyridine rings is 1. The first-order chi connectivity index (χ1) is 11.3. The second-order valence-corrected chi connectivity index (χ2v) is 6.69. The van der Waals surface area contributed by atoms with Crippen molar-refractivity contribution < 1.29 is 4.79 Å². The third kappa shape index (κ3) is 4.67. The summed E-state index contributed by atoms with van der Waals surface area (Å²) in [5.41, 5.74) is 1.07. The summed E-state index contributed by atoms with van der Waals surface area (Å²) in [7, 11) is 0. The van der Waals surface area contributed by atoms with Crippen molar-refractivity contribution in [1.82, 2.24) is 15.6 Å². The number of hydrogen-bond donors (Lipinski definition) is 2. The third-order valence-electron chi connectivity index (χ3n) is 4.87. The van der Waals surface area contributed by atoms with E-state index in [-0.39, 0.29) is 11.8 Å². The average Bonchev–Trinajstić information content (AvgIpc) is 2.90. The monoisotopic (exact) mass is 316 g/mol. The first-order valence-corrected chi connectivity index (χ1v) is 9.01. The maximum atomic E-state index is 12.1. The van der Waals surface area contributed by atoms with Crippen molar-refractivity contribution in [3.63, 3.8) is 0 Å². The molecular weight excluding hydrogens is 288 g/mol. The predicted molar refractivity (Wildman–Crippen MR) is 92.4 cm³/mol. The molecular formula is C18H28N4O. The number of aromatic nitrogens is 1. The van der Waals surface area contributed by atoms with Gasteiger partial charge in [0.25, 0.3) is 0 Å². The summed E-state index contributed by atoms with van der Waals surface area (Å²) in [6.45, 7) is 4.63. The van der Waals surface area contributed by atoms with E-state index in [1.165, 1.54) is 25.7 Å². The van der Waals surface area contributed by atoms with Gasteiger partial charge in [0.2, 0.25) is 5.91 Å². The number of rotatable bonds is 4. The minimum absolute atomic E-state index is 0.119. The molecule has 126 valence electrons. The summed E-state index contributed by atoms with van der Waals surface area (Å²) in [4.78, 5) is 19.1. The number of nitrogens with zero attached hydrogens (tertiary/aromatic N) is 2. The smallest absolute Gasteiger partial charge is 0.224 e. The zero-order valence-corrected chi connectivity index (χ0v) is 13.9. The number of hydrogen-bond acceptors (Lipinski definition) is 4. The lowest BCUT2D eigenvalue weighted by Crippen LogP contribution is -2.40. The number of carbonyl (C=O) groups is 1. The van der Waals surface area contributed by atoms with E-state index in [0.717, 1.165) is 50.4 Å². The molecule has 0 bridgehead atoms. The van der Waals surface area contributed by atoms with Crippen LogP contribution in [0.5, 0.6) is 0 Å². The summed E-state index contributed by atoms with van der Waals surface area (Å²) in [5.74, 6) is 1.35. The van der Waals surface area contributed by atoms with Gasteiger partial charge in [-0.05, 0) is 43.9 Å². The molecule has 0 radical (unpaired) electrons. The van der Waals surface area contributed by atoms with E-state index in [4.69, 9.17) is 0 Å². The summed E-state index contributed by atoms with van der Waals surface area (Å²) < 4.78 is 0. The van der Waals surface area contributed by atoms with E-state index in [1.807, 2.05) is 6.20 Å². The van der Waals surface area contributed by atoms with Crippen LogP contribution in [0.4, 0.5) is 5.82 Å². The van der Waals surface area contributed by atoms with Gasteiger partial charge in [-0.15, -0.1) is 0 Å². The first kappa shape index (κ1) is 16.2. The Morgan fingerprint density at radius 2 is 2.04 bits per heavy atom. The van der Waals surface area contributed by atoms with E-state index >= 15 is 0 Å². The van der Waals surface area contributed by atoms with Crippen LogP contribution in [0.2, 0.25) is 0 Å². The Bertz CT molecular complexity index is 488. The fourth-order valence-corrected chi connectivity index (χ4v) is 3.42. The largest absolute Gasteiger partial charge is 0.357 e. The molecule has 3 rings (SSSR count). The maximum absolute atomic E-state index is 12.1. The van der Waals surface area contributed by atoms with Crippen LogP contribution >= 0.6 is 0 Å². The van der Waals surface area contributed by atoms with Crippen LogP contribution in [-0.4, -0.2) is 37.1 Å². The van der Waals surface area contributed by atoms with Gasteiger partial charge in [0, 0.05) is 32.4 Å². The van der Waals surface area contributed by atoms with Crippen LogP contribution in [0.15, 0.2) is 18.3 Å². The SMILES string of the molecule is O=C(NCc1ccc(N2CCCCCC2)nc1)C1CCCNC1. The number of carbonyl (C=O) groups excluding carboxylic acids is 1. The van der Waals surface area contributed by atoms with E-state index in [9.17, 15) is 4.79 Å². The fourth-order valence-electron chi connectivity index (χ4n) is 3.42. The van der Waals surface area contributed by atoms with Crippen molar-refractivity contribution in [2.75, 3.05) is 31.1 Å². The number of piperidine rings is 1. The second kappa shape index (κ2) is 8.29. The van der Waals surface area contributed by atoms with Gasteiger partial charge in [-0.2, -0.15) is 0 Å². The minimum atomic E-state index is 0.119. The van der Waals surface area contributed by atoms with Crippen LogP contribution in [0.1, 0.15) is 44.1 Å². The van der Waals surface area contributed by atoms with Gasteiger partial charge >= 0.3 is 0 Å². The fraction of sp³-hybridized carbons (Fsp3) is 0.667. The zero-order valence-electron chi connectivity index (χ0n) is 13.9. The van der Waals surface area contributed by atoms with Crippen LogP contribution in [-0.2, 0) is 11.3 Å². The molecule has 1 amide bonds. The van der Waals surface area contributed by atoms with Crippen molar-refractivity contribution >= 4 is 11.7 Å². The van der Waals surface area contributed by atoms with Crippen molar-refractivity contribution in [2.45, 2.75) is 45.1 Å². The number of nitrogens with one attached hydrogen (secondary N) is 2. The molecule has 0 aromatic carbocycles. The van der Waals surface area contributed by atoms with Gasteiger partial charge in [-0.25, -0.2) is 4.98 Å². The van der Waals surface area contributed by atoms with E-state index in [1.54, 1.807) is 0 Å². The molecule has 2 fully saturated rings. The average molecular weight is 316 g/mol. The molecule has 5 heteroatoms. The van der Waals surface area contributed by atoms with Gasteiger partial charge in [0.05, 0.1) is 5.92 Å². The van der Waals surface area contributed by atoms with Crippen molar-refractivity contribution in [1.29, 1.82) is 0 Å². The molecule has 1 atom stereocenters. The molecule has 0 aliphatic carbocycles. The Kier molecular flexibility index (Phi) is 5.86. The summed E-state index contributed by atoms with van der Waals surface area (Å²) in [6.07, 6.45) is 9.16. The van der Waals surface area contributed by atoms with Crippen LogP contribution < -0.4 is 15.5 Å². The topological polar surface area (TPSA) is 57.3 Å². The van der Waals surface area contributed by atoms with E-state index in [0.29, 0.717) is 6.54 Å². The molecule has 1 aromatic heterocycles. The highest BCUT2D eigenvalue weighted by Crippen LogP contribution is 2.17. The maximum Gasteiger partial charge on any atom is 0.224 e. The molecule has 2 N–H and O–H groups in total. The Balaban J connectivity index is 1.49. The zero-order chi connectivity index (χ0) is 15.9. The number of amides is 1. The molecule has 23 heavy (non-hydrogen) atoms. The minimum Gasteiger partial charge on any atom is -0.357 e. The van der Waals surface area contributed by atoms with Crippen molar-refractivity contribution in [3.8, 4) is 0 Å². The normalized spacial score (nSPS) is 22.4. The Hall–Kier alpha value is -1.62. The molecule has 1 unspecified atom stereocenters. The van der Waals surface area contributed by atoms with Crippen LogP contribution in [0, 0.1) is 5.92 Å². The Labute approximate surface area is 138 Å². The lowest BCUT2D eigenvalue weighted by molar-refractivity contribution is -0.125. The van der Waals surface area contributed by atoms with Crippen LogP contribution in [0.3, 0.4) is 0 Å². The first-order valence-electron chi connectivity index (χ1n) is 9.01. The summed E-state index contributed by atoms with van der Waals surface area (Å²) in [5, 5.41) is 6.33. The van der Waals surface area contributed by atoms with Gasteiger partial charge < -0.3 is 15.5 Å². The molecule has 2 aliphatic rings. The lowest BCUT2D eigenvalue weighted by Gasteiger charge is -2.22. The molecule has 5 nitrogen and oxygen atoms in total. The van der Waals surface area contributed by atoms with Gasteiger partial charge in [0.15, 0.2) is 0 Å². The van der Waals surface area contributed by atoms with Crippen molar-refractivity contribution in [2.24, 2.45) is 5.92 Å². The summed E-state index contributed by atoms with van der Waals surface area (Å²) in [6, 6.07) is 4.18. The number of anilines is 1. The Morgan fingerprint density at radius 3 is 2.70 bits per heavy atom. The van der Waals surface area contributed by atoms with Gasteiger partial charge in [0.1, 0.15) is 5.82 Å². The van der Waals surface area contributed by atoms with Gasteiger partial charge in [-0.1, -0.05) is 18.9 Å². The lowest BCUT2D eigenvalue weighted by atomic mass is 9.99. The highest BCUT2D eigenvalue weighted by molar-refractivity contribution is 5.78. The van der Waals surface area contributed by atoms with Crippen molar-refractivity contribution in [3.05, 3.63) is 23.9 Å². The van der Waals surface area contributed by atoms with E-state index < -0.39 is 0 Å².